The summed E-state index contributed by atoms with van der Waals surface area (Å²) in [7, 11) is 0. The van der Waals surface area contributed by atoms with Crippen LogP contribution in [0.4, 0.5) is 0 Å². The molecule has 2 atom stereocenters. The van der Waals surface area contributed by atoms with E-state index in [4.69, 9.17) is 27.9 Å². The molecule has 2 aromatic rings. The van der Waals surface area contributed by atoms with E-state index in [1.54, 1.807) is 6.07 Å². The number of rotatable bonds is 8. The van der Waals surface area contributed by atoms with Crippen LogP contribution >= 0.6 is 23.2 Å². The van der Waals surface area contributed by atoms with E-state index < -0.39 is 0 Å². The minimum absolute atomic E-state index is 0.0513. The third kappa shape index (κ3) is 6.23. The molecule has 0 radical (unpaired) electrons. The van der Waals surface area contributed by atoms with E-state index in [2.05, 4.69) is 5.32 Å². The molecule has 0 saturated carbocycles. The second kappa shape index (κ2) is 10.8. The standard InChI is InChI=1S/C25H31Cl2NO3/c1-17(2)31-20-6-3-5-18(13-20)14-24(30)23-16-25(10-12-29,9-4-11-28-23)19-7-8-21(26)22(27)15-19/h3,5-8,13,15,17,23,28-29H,4,9-12,14,16H2,1-2H3. The molecule has 1 saturated heterocycles. The molecule has 31 heavy (non-hydrogen) atoms. The number of carbonyl (C=O) groups is 1. The van der Waals surface area contributed by atoms with Gasteiger partial charge in [0.25, 0.3) is 0 Å². The van der Waals surface area contributed by atoms with Crippen LogP contribution in [0, 0.1) is 0 Å². The van der Waals surface area contributed by atoms with E-state index in [1.165, 1.54) is 0 Å². The summed E-state index contributed by atoms with van der Waals surface area (Å²) in [4.78, 5) is 13.3. The highest BCUT2D eigenvalue weighted by molar-refractivity contribution is 6.42. The number of ketones is 1. The van der Waals surface area contributed by atoms with Crippen molar-refractivity contribution in [3.8, 4) is 5.75 Å². The largest absolute Gasteiger partial charge is 0.491 e. The fraction of sp³-hybridized carbons (Fsp3) is 0.480. The first-order valence-electron chi connectivity index (χ1n) is 10.9. The van der Waals surface area contributed by atoms with E-state index in [9.17, 15) is 9.90 Å². The van der Waals surface area contributed by atoms with Crippen molar-refractivity contribution < 1.29 is 14.6 Å². The number of halogens is 2. The first kappa shape index (κ1) is 24.1. The molecule has 4 nitrogen and oxygen atoms in total. The van der Waals surface area contributed by atoms with Crippen LogP contribution in [0.5, 0.6) is 5.75 Å². The summed E-state index contributed by atoms with van der Waals surface area (Å²) >= 11 is 12.4. The number of aliphatic hydroxyl groups is 1. The van der Waals surface area contributed by atoms with Gasteiger partial charge in [0, 0.05) is 13.0 Å². The first-order chi connectivity index (χ1) is 14.8. The number of hydrogen-bond donors (Lipinski definition) is 2. The van der Waals surface area contributed by atoms with Gasteiger partial charge in [0.1, 0.15) is 5.75 Å². The number of Topliss-reactive ketones (excluding diaryl/α,β-unsaturated/α-hetero) is 1. The second-order valence-electron chi connectivity index (χ2n) is 8.65. The van der Waals surface area contributed by atoms with Crippen LogP contribution in [0.15, 0.2) is 42.5 Å². The van der Waals surface area contributed by atoms with Crippen molar-refractivity contribution in [1.29, 1.82) is 0 Å². The number of carbonyl (C=O) groups excluding carboxylic acids is 1. The summed E-state index contributed by atoms with van der Waals surface area (Å²) in [5, 5.41) is 14.3. The van der Waals surface area contributed by atoms with Gasteiger partial charge in [-0.05, 0) is 86.9 Å². The Morgan fingerprint density at radius 1 is 1.23 bits per heavy atom. The van der Waals surface area contributed by atoms with Gasteiger partial charge >= 0.3 is 0 Å². The molecule has 0 aromatic heterocycles. The molecule has 2 unspecified atom stereocenters. The molecule has 6 heteroatoms. The molecule has 1 aliphatic heterocycles. The third-order valence-electron chi connectivity index (χ3n) is 5.98. The minimum atomic E-state index is -0.324. The van der Waals surface area contributed by atoms with Gasteiger partial charge in [0.2, 0.25) is 0 Å². The Labute approximate surface area is 194 Å². The van der Waals surface area contributed by atoms with Gasteiger partial charge in [0.15, 0.2) is 5.78 Å². The second-order valence-corrected chi connectivity index (χ2v) is 9.47. The molecule has 3 rings (SSSR count). The van der Waals surface area contributed by atoms with Crippen molar-refractivity contribution in [2.75, 3.05) is 13.2 Å². The van der Waals surface area contributed by atoms with Crippen molar-refractivity contribution in [1.82, 2.24) is 5.32 Å². The third-order valence-corrected chi connectivity index (χ3v) is 6.72. The normalized spacial score (nSPS) is 21.7. The van der Waals surface area contributed by atoms with Crippen LogP contribution in [-0.4, -0.2) is 36.2 Å². The lowest BCUT2D eigenvalue weighted by Gasteiger charge is -2.35. The van der Waals surface area contributed by atoms with Crippen molar-refractivity contribution in [2.24, 2.45) is 0 Å². The summed E-state index contributed by atoms with van der Waals surface area (Å²) in [5.74, 6) is 0.922. The Balaban J connectivity index is 1.82. The Hall–Kier alpha value is -1.59. The van der Waals surface area contributed by atoms with Gasteiger partial charge < -0.3 is 15.2 Å². The summed E-state index contributed by atoms with van der Waals surface area (Å²) < 4.78 is 5.77. The topological polar surface area (TPSA) is 58.6 Å². The van der Waals surface area contributed by atoms with Crippen molar-refractivity contribution in [3.05, 3.63) is 63.6 Å². The lowest BCUT2D eigenvalue weighted by atomic mass is 9.70. The van der Waals surface area contributed by atoms with Crippen molar-refractivity contribution in [3.63, 3.8) is 0 Å². The zero-order valence-electron chi connectivity index (χ0n) is 18.2. The molecule has 2 N–H and O–H groups in total. The molecule has 1 fully saturated rings. The maximum absolute atomic E-state index is 13.3. The Kier molecular flexibility index (Phi) is 8.40. The predicted octanol–water partition coefficient (Wildman–Crippen LogP) is 5.35. The van der Waals surface area contributed by atoms with Crippen molar-refractivity contribution >= 4 is 29.0 Å². The van der Waals surface area contributed by atoms with E-state index in [0.717, 1.165) is 36.3 Å². The molecule has 0 amide bonds. The molecule has 2 aromatic carbocycles. The van der Waals surface area contributed by atoms with Crippen LogP contribution in [0.3, 0.4) is 0 Å². The zero-order chi connectivity index (χ0) is 22.4. The minimum Gasteiger partial charge on any atom is -0.491 e. The van der Waals surface area contributed by atoms with E-state index in [0.29, 0.717) is 29.3 Å². The van der Waals surface area contributed by atoms with Crippen LogP contribution in [0.25, 0.3) is 0 Å². The van der Waals surface area contributed by atoms with Crippen LogP contribution in [0.1, 0.15) is 50.7 Å². The number of benzene rings is 2. The molecular weight excluding hydrogens is 433 g/mol. The van der Waals surface area contributed by atoms with Gasteiger partial charge in [-0.3, -0.25) is 4.79 Å². The zero-order valence-corrected chi connectivity index (χ0v) is 19.7. The fourth-order valence-corrected chi connectivity index (χ4v) is 4.79. The van der Waals surface area contributed by atoms with Crippen LogP contribution < -0.4 is 10.1 Å². The number of ether oxygens (including phenoxy) is 1. The lowest BCUT2D eigenvalue weighted by molar-refractivity contribution is -0.120. The maximum atomic E-state index is 13.3. The first-order valence-corrected chi connectivity index (χ1v) is 11.7. The van der Waals surface area contributed by atoms with E-state index in [1.807, 2.05) is 50.2 Å². The Morgan fingerprint density at radius 3 is 2.74 bits per heavy atom. The molecule has 0 bridgehead atoms. The highest BCUT2D eigenvalue weighted by Crippen LogP contribution is 2.41. The molecule has 168 valence electrons. The van der Waals surface area contributed by atoms with Crippen LogP contribution in [0.2, 0.25) is 10.0 Å². The van der Waals surface area contributed by atoms with Gasteiger partial charge in [-0.25, -0.2) is 0 Å². The average Bonchev–Trinajstić information content (AvgIpc) is 2.94. The molecule has 0 aliphatic carbocycles. The Bertz CT molecular complexity index is 902. The molecular formula is C25H31Cl2NO3. The van der Waals surface area contributed by atoms with Gasteiger partial charge in [-0.1, -0.05) is 41.4 Å². The highest BCUT2D eigenvalue weighted by atomic mass is 35.5. The molecule has 1 aliphatic rings. The van der Waals surface area contributed by atoms with Gasteiger partial charge in [-0.15, -0.1) is 0 Å². The summed E-state index contributed by atoms with van der Waals surface area (Å²) in [6.45, 7) is 4.78. The average molecular weight is 464 g/mol. The molecule has 1 heterocycles. The quantitative estimate of drug-likeness (QED) is 0.553. The van der Waals surface area contributed by atoms with E-state index >= 15 is 0 Å². The van der Waals surface area contributed by atoms with Gasteiger partial charge in [-0.2, -0.15) is 0 Å². The monoisotopic (exact) mass is 463 g/mol. The smallest absolute Gasteiger partial charge is 0.154 e. The van der Waals surface area contributed by atoms with Gasteiger partial charge in [0.05, 0.1) is 22.2 Å². The van der Waals surface area contributed by atoms with E-state index in [-0.39, 0.29) is 30.0 Å². The van der Waals surface area contributed by atoms with Crippen molar-refractivity contribution in [2.45, 2.75) is 63.5 Å². The Morgan fingerprint density at radius 2 is 2.03 bits per heavy atom. The number of hydrogen-bond acceptors (Lipinski definition) is 4. The fourth-order valence-electron chi connectivity index (χ4n) is 4.49. The SMILES string of the molecule is CC(C)Oc1cccc(CC(=O)C2CC(CCO)(c3ccc(Cl)c(Cl)c3)CCCN2)c1. The highest BCUT2D eigenvalue weighted by Gasteiger charge is 2.38. The number of aliphatic hydroxyl groups excluding tert-OH is 1. The summed E-state index contributed by atoms with van der Waals surface area (Å²) in [6.07, 6.45) is 3.41. The molecule has 0 spiro atoms. The van der Waals surface area contributed by atoms with Crippen LogP contribution in [-0.2, 0) is 16.6 Å². The lowest BCUT2D eigenvalue weighted by Crippen LogP contribution is -2.41. The summed E-state index contributed by atoms with van der Waals surface area (Å²) in [5.41, 5.74) is 1.65. The summed E-state index contributed by atoms with van der Waals surface area (Å²) in [6, 6.07) is 13.1. The number of nitrogens with one attached hydrogen (secondary N) is 1. The maximum Gasteiger partial charge on any atom is 0.154 e. The predicted molar refractivity (Wildman–Crippen MR) is 126 cm³/mol.